The summed E-state index contributed by atoms with van der Waals surface area (Å²) in [6.45, 7) is 17.0. The molecule has 2 aromatic carbocycles. The van der Waals surface area contributed by atoms with Crippen LogP contribution in [0.1, 0.15) is 52.7 Å². The summed E-state index contributed by atoms with van der Waals surface area (Å²) in [7, 11) is 7.78. The molecule has 0 amide bonds. The number of hydrogen-bond acceptors (Lipinski definition) is 6. The number of thioether (sulfide) groups is 2. The first-order valence-corrected chi connectivity index (χ1v) is 12.4. The Hall–Kier alpha value is -0.197. The first-order valence-electron chi connectivity index (χ1n) is 10.8. The quantitative estimate of drug-likeness (QED) is 0.492. The Morgan fingerprint density at radius 2 is 0.857 bits per heavy atom. The molecule has 2 N–H and O–H groups in total. The van der Waals surface area contributed by atoms with E-state index in [9.17, 15) is 10.2 Å². The molecule has 2 aromatic rings. The minimum atomic E-state index is 0. The molecule has 0 aliphatic heterocycles. The molecule has 4 nitrogen and oxygen atoms in total. The first kappa shape index (κ1) is 39.3. The third-order valence-electron chi connectivity index (χ3n) is 4.19. The van der Waals surface area contributed by atoms with Crippen LogP contribution in [0.25, 0.3) is 0 Å². The molecular formula is C26H42Cl2N2O2S2Zr. The number of rotatable bonds is 4. The van der Waals surface area contributed by atoms with E-state index in [1.807, 2.05) is 62.3 Å². The van der Waals surface area contributed by atoms with Crippen molar-refractivity contribution in [3.05, 3.63) is 35.4 Å². The fourth-order valence-corrected chi connectivity index (χ4v) is 5.16. The molecule has 0 saturated carbocycles. The van der Waals surface area contributed by atoms with Gasteiger partial charge in [-0.15, -0.1) is 23.5 Å². The normalized spacial score (nSPS) is 10.6. The van der Waals surface area contributed by atoms with Gasteiger partial charge in [0, 0.05) is 37.7 Å². The SMILES string of the molecule is Cc1cc(SC(C)(C)C)c(O)c(N(C)C)c1.Cc1cc(SC(C)(C)C)c(O)c(N(C)C)c1.[Cl-].[Cl-].[Zr+2]. The molecule has 0 saturated heterocycles. The number of benzene rings is 2. The smallest absolute Gasteiger partial charge is 1.00 e. The van der Waals surface area contributed by atoms with E-state index < -0.39 is 0 Å². The van der Waals surface area contributed by atoms with Crippen molar-refractivity contribution in [1.29, 1.82) is 0 Å². The van der Waals surface area contributed by atoms with Crippen LogP contribution in [-0.4, -0.2) is 47.9 Å². The molecule has 9 heteroatoms. The third kappa shape index (κ3) is 13.8. The maximum Gasteiger partial charge on any atom is 2.00 e. The first-order chi connectivity index (χ1) is 14.4. The molecule has 198 valence electrons. The molecule has 0 heterocycles. The number of phenols is 2. The van der Waals surface area contributed by atoms with Crippen molar-refractivity contribution >= 4 is 34.9 Å². The predicted octanol–water partition coefficient (Wildman–Crippen LogP) is 1.32. The number of aryl methyl sites for hydroxylation is 2. The van der Waals surface area contributed by atoms with Crippen LogP contribution < -0.4 is 34.6 Å². The molecular weight excluding hydrogens is 599 g/mol. The summed E-state index contributed by atoms with van der Waals surface area (Å²) in [5.41, 5.74) is 4.11. The van der Waals surface area contributed by atoms with Crippen molar-refractivity contribution in [3.63, 3.8) is 0 Å². The molecule has 0 fully saturated rings. The molecule has 0 unspecified atom stereocenters. The van der Waals surface area contributed by atoms with Crippen LogP contribution in [0.15, 0.2) is 34.1 Å². The Kier molecular flexibility index (Phi) is 17.9. The number of hydrogen-bond donors (Lipinski definition) is 2. The van der Waals surface area contributed by atoms with Gasteiger partial charge in [-0.1, -0.05) is 41.5 Å². The fraction of sp³-hybridized carbons (Fsp3) is 0.538. The Morgan fingerprint density at radius 1 is 0.600 bits per heavy atom. The number of aromatic hydroxyl groups is 2. The minimum absolute atomic E-state index is 0. The van der Waals surface area contributed by atoms with Gasteiger partial charge in [0.25, 0.3) is 0 Å². The van der Waals surface area contributed by atoms with E-state index in [1.165, 1.54) is 11.1 Å². The Bertz CT molecular complexity index is 854. The fourth-order valence-electron chi connectivity index (χ4n) is 2.95. The van der Waals surface area contributed by atoms with E-state index in [2.05, 4.69) is 55.4 Å². The van der Waals surface area contributed by atoms with E-state index in [1.54, 1.807) is 23.5 Å². The summed E-state index contributed by atoms with van der Waals surface area (Å²) >= 11 is 3.39. The molecule has 0 aliphatic rings. The largest absolute Gasteiger partial charge is 2.00 e. The summed E-state index contributed by atoms with van der Waals surface area (Å²) in [6.07, 6.45) is 0. The monoisotopic (exact) mass is 638 g/mol. The molecule has 0 atom stereocenters. The van der Waals surface area contributed by atoms with Crippen LogP contribution in [-0.2, 0) is 26.2 Å². The van der Waals surface area contributed by atoms with Gasteiger partial charge < -0.3 is 44.8 Å². The van der Waals surface area contributed by atoms with Crippen molar-refractivity contribution in [2.45, 2.75) is 74.7 Å². The second kappa shape index (κ2) is 15.9. The topological polar surface area (TPSA) is 46.9 Å². The zero-order valence-corrected chi connectivity index (χ0v) is 28.8. The summed E-state index contributed by atoms with van der Waals surface area (Å²) in [6, 6.07) is 8.08. The van der Waals surface area contributed by atoms with Crippen LogP contribution in [0.3, 0.4) is 0 Å². The van der Waals surface area contributed by atoms with E-state index in [-0.39, 0.29) is 60.5 Å². The number of halogens is 2. The second-order valence-corrected chi connectivity index (χ2v) is 14.2. The van der Waals surface area contributed by atoms with Gasteiger partial charge in [-0.05, 0) is 49.2 Å². The zero-order chi connectivity index (χ0) is 25.0. The summed E-state index contributed by atoms with van der Waals surface area (Å²) < 4.78 is 0.212. The second-order valence-electron chi connectivity index (χ2n) is 10.5. The zero-order valence-electron chi connectivity index (χ0n) is 23.2. The average Bonchev–Trinajstić information content (AvgIpc) is 2.58. The van der Waals surface area contributed by atoms with E-state index in [0.717, 1.165) is 21.2 Å². The predicted molar refractivity (Wildman–Crippen MR) is 146 cm³/mol. The van der Waals surface area contributed by atoms with E-state index in [0.29, 0.717) is 11.5 Å². The summed E-state index contributed by atoms with van der Waals surface area (Å²) in [4.78, 5) is 5.79. The standard InChI is InChI=1S/2C13H21NOS.2ClH.Zr/c2*1-9-7-10(14(5)6)12(15)11(8-9)16-13(2,3)4;;;/h2*7-8,15H,1-6H3;2*1H;/q;;;;+2/p-2. The minimum Gasteiger partial charge on any atom is -1.00 e. The van der Waals surface area contributed by atoms with Gasteiger partial charge in [0.2, 0.25) is 0 Å². The summed E-state index contributed by atoms with van der Waals surface area (Å²) in [5.74, 6) is 0.769. The molecule has 0 aromatic heterocycles. The van der Waals surface area contributed by atoms with Crippen LogP contribution in [0.4, 0.5) is 11.4 Å². The number of phenolic OH excluding ortho intramolecular Hbond substituents is 2. The van der Waals surface area contributed by atoms with Crippen molar-refractivity contribution in [1.82, 2.24) is 0 Å². The van der Waals surface area contributed by atoms with E-state index >= 15 is 0 Å². The van der Waals surface area contributed by atoms with Crippen LogP contribution in [0.5, 0.6) is 11.5 Å². The molecule has 0 spiro atoms. The average molecular weight is 641 g/mol. The Balaban J connectivity index is -0.000000539. The third-order valence-corrected chi connectivity index (χ3v) is 6.48. The number of anilines is 2. The van der Waals surface area contributed by atoms with E-state index in [4.69, 9.17) is 0 Å². The molecule has 0 bridgehead atoms. The van der Waals surface area contributed by atoms with Gasteiger partial charge in [-0.25, -0.2) is 0 Å². The van der Waals surface area contributed by atoms with Gasteiger partial charge in [-0.2, -0.15) is 0 Å². The molecule has 0 radical (unpaired) electrons. The van der Waals surface area contributed by atoms with Gasteiger partial charge in [0.05, 0.1) is 21.2 Å². The van der Waals surface area contributed by atoms with Crippen molar-refractivity contribution in [2.24, 2.45) is 0 Å². The van der Waals surface area contributed by atoms with Crippen molar-refractivity contribution in [3.8, 4) is 11.5 Å². The van der Waals surface area contributed by atoms with Crippen LogP contribution in [0, 0.1) is 13.8 Å². The van der Waals surface area contributed by atoms with Gasteiger partial charge in [0.1, 0.15) is 0 Å². The van der Waals surface area contributed by atoms with Crippen molar-refractivity contribution in [2.75, 3.05) is 38.0 Å². The van der Waals surface area contributed by atoms with Crippen LogP contribution in [0.2, 0.25) is 0 Å². The van der Waals surface area contributed by atoms with Crippen molar-refractivity contribution < 1.29 is 61.2 Å². The Morgan fingerprint density at radius 3 is 1.06 bits per heavy atom. The Labute approximate surface area is 254 Å². The molecule has 0 aliphatic carbocycles. The van der Waals surface area contributed by atoms with Crippen LogP contribution >= 0.6 is 23.5 Å². The summed E-state index contributed by atoms with van der Waals surface area (Å²) in [5, 5.41) is 20.4. The van der Waals surface area contributed by atoms with Gasteiger partial charge in [-0.3, -0.25) is 0 Å². The van der Waals surface area contributed by atoms with Gasteiger partial charge in [0.15, 0.2) is 11.5 Å². The van der Waals surface area contributed by atoms with Gasteiger partial charge >= 0.3 is 26.2 Å². The molecule has 2 rings (SSSR count). The molecule has 35 heavy (non-hydrogen) atoms. The maximum atomic E-state index is 10.2. The number of nitrogens with zero attached hydrogens (tertiary/aromatic N) is 2. The maximum absolute atomic E-state index is 10.2.